The fourth-order valence-corrected chi connectivity index (χ4v) is 8.53. The smallest absolute Gasteiger partial charge is 0.262 e. The lowest BCUT2D eigenvalue weighted by atomic mass is 10.2. The number of rotatable bonds is 11. The van der Waals surface area contributed by atoms with Crippen LogP contribution in [0.15, 0.2) is 72.8 Å². The van der Waals surface area contributed by atoms with E-state index in [2.05, 4.69) is 88.4 Å². The van der Waals surface area contributed by atoms with E-state index in [9.17, 15) is 4.79 Å². The Bertz CT molecular complexity index is 708. The average Bonchev–Trinajstić information content (AvgIpc) is 2.73. The van der Waals surface area contributed by atoms with Crippen LogP contribution in [-0.2, 0) is 9.22 Å². The monoisotopic (exact) mass is 408 g/mol. The number of carbonyl (C=O) groups excluding carboxylic acids is 1. The minimum Gasteiger partial charge on any atom is -0.397 e. The van der Waals surface area contributed by atoms with E-state index in [-0.39, 0.29) is 5.04 Å². The van der Waals surface area contributed by atoms with Gasteiger partial charge in [0.05, 0.1) is 0 Å². The Hall–Kier alpha value is -1.97. The van der Waals surface area contributed by atoms with Gasteiger partial charge in [-0.15, -0.1) is 0 Å². The highest BCUT2D eigenvalue weighted by molar-refractivity contribution is 6.99. The topological polar surface area (TPSA) is 26.3 Å². The van der Waals surface area contributed by atoms with Gasteiger partial charge < -0.3 is 9.22 Å². The molecule has 2 rings (SSSR count). The number of benzene rings is 2. The maximum absolute atomic E-state index is 12.0. The molecule has 3 heteroatoms. The van der Waals surface area contributed by atoms with Gasteiger partial charge in [0.2, 0.25) is 0 Å². The van der Waals surface area contributed by atoms with Gasteiger partial charge in [-0.25, -0.2) is 0 Å². The summed E-state index contributed by atoms with van der Waals surface area (Å²) < 4.78 is 6.87. The minimum atomic E-state index is -2.68. The summed E-state index contributed by atoms with van der Waals surface area (Å²) in [5, 5.41) is 2.29. The molecule has 0 aliphatic rings. The quantitative estimate of drug-likeness (QED) is 0.208. The van der Waals surface area contributed by atoms with Gasteiger partial charge in [0.1, 0.15) is 12.4 Å². The largest absolute Gasteiger partial charge is 0.397 e. The maximum Gasteiger partial charge on any atom is 0.262 e. The third-order valence-electron chi connectivity index (χ3n) is 5.41. The third-order valence-corrected chi connectivity index (χ3v) is 10.5. The third kappa shape index (κ3) is 6.00. The molecule has 1 atom stereocenters. The van der Waals surface area contributed by atoms with Crippen LogP contribution in [0.4, 0.5) is 0 Å². The zero-order valence-electron chi connectivity index (χ0n) is 18.4. The summed E-state index contributed by atoms with van der Waals surface area (Å²) in [7, 11) is -2.68. The van der Waals surface area contributed by atoms with Gasteiger partial charge in [-0.2, -0.15) is 0 Å². The number of hydrogen-bond donors (Lipinski definition) is 0. The lowest BCUT2D eigenvalue weighted by Crippen LogP contribution is -2.67. The van der Waals surface area contributed by atoms with Gasteiger partial charge in [0.15, 0.2) is 0 Å². The zero-order valence-corrected chi connectivity index (χ0v) is 19.4. The molecule has 0 aromatic heterocycles. The second kappa shape index (κ2) is 11.3. The van der Waals surface area contributed by atoms with Crippen LogP contribution >= 0.6 is 0 Å². The number of allylic oxidation sites excluding steroid dienone is 1. The van der Waals surface area contributed by atoms with Gasteiger partial charge in [-0.1, -0.05) is 113 Å². The molecule has 0 amide bonds. The molecule has 2 nitrogen and oxygen atoms in total. The van der Waals surface area contributed by atoms with Gasteiger partial charge in [0, 0.05) is 0 Å². The lowest BCUT2D eigenvalue weighted by molar-refractivity contribution is -0.113. The van der Waals surface area contributed by atoms with E-state index in [0.717, 1.165) is 12.7 Å². The molecule has 0 radical (unpaired) electrons. The Kier molecular flexibility index (Phi) is 9.06. The van der Waals surface area contributed by atoms with Crippen LogP contribution in [0.2, 0.25) is 5.04 Å². The Morgan fingerprint density at radius 3 is 1.90 bits per heavy atom. The van der Waals surface area contributed by atoms with Crippen molar-refractivity contribution in [3.05, 3.63) is 72.8 Å². The lowest BCUT2D eigenvalue weighted by Gasteiger charge is -2.44. The Labute approximate surface area is 178 Å². The highest BCUT2D eigenvalue weighted by Crippen LogP contribution is 2.37. The van der Waals surface area contributed by atoms with Gasteiger partial charge >= 0.3 is 0 Å². The second-order valence-corrected chi connectivity index (χ2v) is 12.9. The van der Waals surface area contributed by atoms with Crippen LogP contribution in [0.1, 0.15) is 59.8 Å². The van der Waals surface area contributed by atoms with Crippen molar-refractivity contribution in [2.45, 2.75) is 70.9 Å². The Morgan fingerprint density at radius 1 is 0.897 bits per heavy atom. The summed E-state index contributed by atoms with van der Waals surface area (Å²) in [5.41, 5.74) is 0. The molecular weight excluding hydrogens is 372 g/mol. The van der Waals surface area contributed by atoms with Crippen molar-refractivity contribution < 1.29 is 9.22 Å². The van der Waals surface area contributed by atoms with E-state index in [4.69, 9.17) is 4.43 Å². The molecule has 2 aromatic carbocycles. The normalized spacial score (nSPS) is 13.5. The van der Waals surface area contributed by atoms with Crippen molar-refractivity contribution >= 4 is 25.0 Å². The van der Waals surface area contributed by atoms with Crippen molar-refractivity contribution in [2.75, 3.05) is 0 Å². The molecule has 0 aliphatic heterocycles. The predicted molar refractivity (Wildman–Crippen MR) is 126 cm³/mol. The van der Waals surface area contributed by atoms with Gasteiger partial charge in [0.25, 0.3) is 8.32 Å². The zero-order chi connectivity index (χ0) is 21.2. The molecule has 29 heavy (non-hydrogen) atoms. The number of hydrogen-bond acceptors (Lipinski definition) is 2. The maximum atomic E-state index is 12.0. The minimum absolute atomic E-state index is 0.123. The summed E-state index contributed by atoms with van der Waals surface area (Å²) in [4.78, 5) is 12.0. The number of aldehydes is 1. The molecule has 0 spiro atoms. The fraction of sp³-hybridized carbons (Fsp3) is 0.423. The SMILES string of the molecule is CCCCC/C=C\C[C@H](C=O)O[Si](c1ccccc1)(c1ccccc1)C(C)(C)C. The molecule has 0 heterocycles. The molecule has 0 fully saturated rings. The molecule has 0 saturated heterocycles. The first-order chi connectivity index (χ1) is 14.0. The van der Waals surface area contributed by atoms with Crippen molar-refractivity contribution in [3.63, 3.8) is 0 Å². The van der Waals surface area contributed by atoms with Crippen LogP contribution in [0.3, 0.4) is 0 Å². The van der Waals surface area contributed by atoms with E-state index in [1.807, 2.05) is 12.1 Å². The van der Waals surface area contributed by atoms with Crippen molar-refractivity contribution in [1.82, 2.24) is 0 Å². The molecule has 2 aromatic rings. The summed E-state index contributed by atoms with van der Waals surface area (Å²) in [5.74, 6) is 0. The molecule has 0 N–H and O–H groups in total. The summed E-state index contributed by atoms with van der Waals surface area (Å²) in [6.07, 6.45) is 10.2. The van der Waals surface area contributed by atoms with Crippen molar-refractivity contribution in [1.29, 1.82) is 0 Å². The Morgan fingerprint density at radius 2 is 1.45 bits per heavy atom. The van der Waals surface area contributed by atoms with Crippen LogP contribution in [0, 0.1) is 0 Å². The first-order valence-corrected chi connectivity index (χ1v) is 12.8. The van der Waals surface area contributed by atoms with E-state index in [0.29, 0.717) is 6.42 Å². The van der Waals surface area contributed by atoms with Crippen molar-refractivity contribution in [2.24, 2.45) is 0 Å². The average molecular weight is 409 g/mol. The van der Waals surface area contributed by atoms with Crippen LogP contribution in [0.5, 0.6) is 0 Å². The summed E-state index contributed by atoms with van der Waals surface area (Å²) in [6, 6.07) is 21.0. The molecule has 0 unspecified atom stereocenters. The summed E-state index contributed by atoms with van der Waals surface area (Å²) in [6.45, 7) is 8.93. The molecule has 156 valence electrons. The number of unbranched alkanes of at least 4 members (excludes halogenated alkanes) is 3. The van der Waals surface area contributed by atoms with Crippen LogP contribution in [-0.4, -0.2) is 20.7 Å². The van der Waals surface area contributed by atoms with E-state index >= 15 is 0 Å². The number of carbonyl (C=O) groups is 1. The van der Waals surface area contributed by atoms with Crippen LogP contribution < -0.4 is 10.4 Å². The summed E-state index contributed by atoms with van der Waals surface area (Å²) >= 11 is 0. The standard InChI is InChI=1S/C26H36O2Si/c1-5-6-7-8-9-12-17-23(22-27)28-29(26(2,3)4,24-18-13-10-14-19-24)25-20-15-11-16-21-25/h9-16,18-23H,5-8,17H2,1-4H3/b12-9-/t23-/m1/s1. The van der Waals surface area contributed by atoms with Gasteiger partial charge in [-0.3, -0.25) is 0 Å². The van der Waals surface area contributed by atoms with Crippen LogP contribution in [0.25, 0.3) is 0 Å². The first kappa shape index (κ1) is 23.3. The molecule has 0 bridgehead atoms. The van der Waals surface area contributed by atoms with Gasteiger partial charge in [-0.05, 0) is 34.7 Å². The highest BCUT2D eigenvalue weighted by Gasteiger charge is 2.51. The van der Waals surface area contributed by atoms with E-state index in [1.165, 1.54) is 29.6 Å². The highest BCUT2D eigenvalue weighted by atomic mass is 28.4. The van der Waals surface area contributed by atoms with E-state index < -0.39 is 14.4 Å². The Balaban J connectivity index is 2.38. The van der Waals surface area contributed by atoms with Crippen molar-refractivity contribution in [3.8, 4) is 0 Å². The second-order valence-electron chi connectivity index (χ2n) is 8.66. The fourth-order valence-electron chi connectivity index (χ4n) is 3.91. The molecule has 0 aliphatic carbocycles. The molecule has 0 saturated carbocycles. The molecular formula is C26H36O2Si. The predicted octanol–water partition coefficient (Wildman–Crippen LogP) is 5.66. The first-order valence-electron chi connectivity index (χ1n) is 10.8. The van der Waals surface area contributed by atoms with E-state index in [1.54, 1.807) is 0 Å².